The first-order chi connectivity index (χ1) is 12.1. The van der Waals surface area contributed by atoms with E-state index in [1.54, 1.807) is 0 Å². The first kappa shape index (κ1) is 17.7. The smallest absolute Gasteiger partial charge is 0.227 e. The summed E-state index contributed by atoms with van der Waals surface area (Å²) < 4.78 is 0. The predicted molar refractivity (Wildman–Crippen MR) is 104 cm³/mol. The number of nitrogens with zero attached hydrogens (tertiary/aromatic N) is 1. The maximum Gasteiger partial charge on any atom is 0.227 e. The summed E-state index contributed by atoms with van der Waals surface area (Å²) in [5.41, 5.74) is 3.55. The molecular formula is C22H28N2O. The Kier molecular flexibility index (Phi) is 5.87. The molecule has 1 fully saturated rings. The molecule has 0 atom stereocenters. The van der Waals surface area contributed by atoms with Crippen molar-refractivity contribution < 1.29 is 4.79 Å². The van der Waals surface area contributed by atoms with Gasteiger partial charge in [-0.2, -0.15) is 0 Å². The van der Waals surface area contributed by atoms with Crippen LogP contribution in [0.5, 0.6) is 0 Å². The summed E-state index contributed by atoms with van der Waals surface area (Å²) in [5, 5.41) is 3.08. The number of benzene rings is 2. The lowest BCUT2D eigenvalue weighted by atomic mass is 9.95. The van der Waals surface area contributed by atoms with Gasteiger partial charge < -0.3 is 5.32 Å². The number of carbonyl (C=O) groups excluding carboxylic acids is 1. The summed E-state index contributed by atoms with van der Waals surface area (Å²) in [6.07, 6.45) is 1.87. The molecule has 0 aromatic heterocycles. The SMILES string of the molecule is CC(C)c1ccc(NC(=O)C2CCN(Cc3ccccc3)CC2)cc1. The van der Waals surface area contributed by atoms with E-state index in [4.69, 9.17) is 0 Å². The lowest BCUT2D eigenvalue weighted by Gasteiger charge is -2.31. The number of hydrogen-bond donors (Lipinski definition) is 1. The molecule has 2 aromatic carbocycles. The van der Waals surface area contributed by atoms with Crippen molar-refractivity contribution in [2.45, 2.75) is 39.2 Å². The van der Waals surface area contributed by atoms with Crippen LogP contribution in [0, 0.1) is 5.92 Å². The molecule has 0 unspecified atom stereocenters. The lowest BCUT2D eigenvalue weighted by molar-refractivity contribution is -0.121. The largest absolute Gasteiger partial charge is 0.326 e. The minimum Gasteiger partial charge on any atom is -0.326 e. The monoisotopic (exact) mass is 336 g/mol. The molecule has 1 aliphatic rings. The second-order valence-electron chi connectivity index (χ2n) is 7.30. The fourth-order valence-corrected chi connectivity index (χ4v) is 3.39. The molecule has 3 rings (SSSR count). The van der Waals surface area contributed by atoms with Crippen LogP contribution in [-0.2, 0) is 11.3 Å². The third kappa shape index (κ3) is 4.93. The van der Waals surface area contributed by atoms with Gasteiger partial charge in [-0.05, 0) is 55.1 Å². The first-order valence-electron chi connectivity index (χ1n) is 9.29. The molecule has 2 aromatic rings. The molecule has 132 valence electrons. The normalized spacial score (nSPS) is 16.1. The molecule has 0 spiro atoms. The van der Waals surface area contributed by atoms with E-state index in [2.05, 4.69) is 60.5 Å². The average molecular weight is 336 g/mol. The van der Waals surface area contributed by atoms with Gasteiger partial charge >= 0.3 is 0 Å². The third-order valence-corrected chi connectivity index (χ3v) is 5.05. The topological polar surface area (TPSA) is 32.3 Å². The summed E-state index contributed by atoms with van der Waals surface area (Å²) in [6, 6.07) is 18.8. The molecule has 0 radical (unpaired) electrons. The Morgan fingerprint density at radius 2 is 1.68 bits per heavy atom. The molecule has 0 bridgehead atoms. The van der Waals surface area contributed by atoms with Gasteiger partial charge in [-0.15, -0.1) is 0 Å². The Bertz CT molecular complexity index is 671. The summed E-state index contributed by atoms with van der Waals surface area (Å²) in [6.45, 7) is 7.30. The molecule has 1 aliphatic heterocycles. The van der Waals surface area contributed by atoms with Gasteiger partial charge in [0.05, 0.1) is 0 Å². The number of nitrogens with one attached hydrogen (secondary N) is 1. The molecule has 1 heterocycles. The van der Waals surface area contributed by atoms with E-state index in [9.17, 15) is 4.79 Å². The molecule has 1 N–H and O–H groups in total. The zero-order valence-electron chi connectivity index (χ0n) is 15.2. The van der Waals surface area contributed by atoms with Gasteiger partial charge in [-0.1, -0.05) is 56.3 Å². The van der Waals surface area contributed by atoms with Crippen LogP contribution in [-0.4, -0.2) is 23.9 Å². The molecule has 3 heteroatoms. The van der Waals surface area contributed by atoms with Crippen LogP contribution in [0.25, 0.3) is 0 Å². The van der Waals surface area contributed by atoms with Gasteiger partial charge in [0.1, 0.15) is 0 Å². The second-order valence-corrected chi connectivity index (χ2v) is 7.30. The number of rotatable bonds is 5. The number of amides is 1. The fraction of sp³-hybridized carbons (Fsp3) is 0.409. The van der Waals surface area contributed by atoms with Crippen molar-refractivity contribution in [3.05, 3.63) is 65.7 Å². The summed E-state index contributed by atoms with van der Waals surface area (Å²) in [4.78, 5) is 15.0. The number of anilines is 1. The summed E-state index contributed by atoms with van der Waals surface area (Å²) >= 11 is 0. The van der Waals surface area contributed by atoms with Crippen molar-refractivity contribution >= 4 is 11.6 Å². The second kappa shape index (κ2) is 8.30. The zero-order valence-corrected chi connectivity index (χ0v) is 15.2. The van der Waals surface area contributed by atoms with Crippen molar-refractivity contribution in [3.8, 4) is 0 Å². The minimum absolute atomic E-state index is 0.122. The van der Waals surface area contributed by atoms with Gasteiger partial charge in [-0.25, -0.2) is 0 Å². The zero-order chi connectivity index (χ0) is 17.6. The van der Waals surface area contributed by atoms with Gasteiger partial charge in [-0.3, -0.25) is 9.69 Å². The van der Waals surface area contributed by atoms with E-state index in [-0.39, 0.29) is 11.8 Å². The maximum atomic E-state index is 12.5. The van der Waals surface area contributed by atoms with E-state index in [1.165, 1.54) is 11.1 Å². The maximum absolute atomic E-state index is 12.5. The van der Waals surface area contributed by atoms with Crippen molar-refractivity contribution in [1.82, 2.24) is 4.90 Å². The molecule has 3 nitrogen and oxygen atoms in total. The van der Waals surface area contributed by atoms with Crippen LogP contribution in [0.4, 0.5) is 5.69 Å². The molecule has 25 heavy (non-hydrogen) atoms. The van der Waals surface area contributed by atoms with Gasteiger partial charge in [0, 0.05) is 18.2 Å². The minimum atomic E-state index is 0.122. The Labute approximate surface area is 151 Å². The van der Waals surface area contributed by atoms with Crippen molar-refractivity contribution in [2.75, 3.05) is 18.4 Å². The quantitative estimate of drug-likeness (QED) is 0.861. The van der Waals surface area contributed by atoms with E-state index in [0.717, 1.165) is 38.2 Å². The van der Waals surface area contributed by atoms with E-state index < -0.39 is 0 Å². The Morgan fingerprint density at radius 3 is 2.28 bits per heavy atom. The number of hydrogen-bond acceptors (Lipinski definition) is 2. The summed E-state index contributed by atoms with van der Waals surface area (Å²) in [7, 11) is 0. The summed E-state index contributed by atoms with van der Waals surface area (Å²) in [5.74, 6) is 0.798. The molecule has 0 saturated carbocycles. The van der Waals surface area contributed by atoms with E-state index in [0.29, 0.717) is 5.92 Å². The fourth-order valence-electron chi connectivity index (χ4n) is 3.39. The van der Waals surface area contributed by atoms with Gasteiger partial charge in [0.25, 0.3) is 0 Å². The highest BCUT2D eigenvalue weighted by molar-refractivity contribution is 5.92. The van der Waals surface area contributed by atoms with Crippen LogP contribution in [0.1, 0.15) is 43.7 Å². The Morgan fingerprint density at radius 1 is 1.04 bits per heavy atom. The highest BCUT2D eigenvalue weighted by Crippen LogP contribution is 2.22. The molecule has 1 saturated heterocycles. The van der Waals surface area contributed by atoms with Crippen molar-refractivity contribution in [1.29, 1.82) is 0 Å². The molecule has 1 amide bonds. The standard InChI is InChI=1S/C22H28N2O/c1-17(2)19-8-10-21(11-9-19)23-22(25)20-12-14-24(15-13-20)16-18-6-4-3-5-7-18/h3-11,17,20H,12-16H2,1-2H3,(H,23,25). The van der Waals surface area contributed by atoms with E-state index >= 15 is 0 Å². The Balaban J connectivity index is 1.48. The van der Waals surface area contributed by atoms with Crippen molar-refractivity contribution in [2.24, 2.45) is 5.92 Å². The van der Waals surface area contributed by atoms with Crippen LogP contribution >= 0.6 is 0 Å². The highest BCUT2D eigenvalue weighted by Gasteiger charge is 2.25. The predicted octanol–water partition coefficient (Wildman–Crippen LogP) is 4.66. The van der Waals surface area contributed by atoms with Gasteiger partial charge in [0.15, 0.2) is 0 Å². The lowest BCUT2D eigenvalue weighted by Crippen LogP contribution is -2.37. The third-order valence-electron chi connectivity index (χ3n) is 5.05. The number of carbonyl (C=O) groups is 1. The first-order valence-corrected chi connectivity index (χ1v) is 9.29. The van der Waals surface area contributed by atoms with Crippen LogP contribution < -0.4 is 5.32 Å². The van der Waals surface area contributed by atoms with Crippen LogP contribution in [0.3, 0.4) is 0 Å². The average Bonchev–Trinajstić information content (AvgIpc) is 2.63. The van der Waals surface area contributed by atoms with Gasteiger partial charge in [0.2, 0.25) is 5.91 Å². The Hall–Kier alpha value is -2.13. The number of likely N-dealkylation sites (tertiary alicyclic amines) is 1. The van der Waals surface area contributed by atoms with Crippen molar-refractivity contribution in [3.63, 3.8) is 0 Å². The molecule has 0 aliphatic carbocycles. The number of piperidine rings is 1. The van der Waals surface area contributed by atoms with E-state index in [1.807, 2.05) is 18.2 Å². The van der Waals surface area contributed by atoms with Crippen LogP contribution in [0.2, 0.25) is 0 Å². The molecular weight excluding hydrogens is 308 g/mol. The highest BCUT2D eigenvalue weighted by atomic mass is 16.1. The van der Waals surface area contributed by atoms with Crippen LogP contribution in [0.15, 0.2) is 54.6 Å².